The second kappa shape index (κ2) is 9.30. The molecule has 0 aromatic heterocycles. The summed E-state index contributed by atoms with van der Waals surface area (Å²) in [6.07, 6.45) is -0.749. The van der Waals surface area contributed by atoms with Crippen LogP contribution in [0.4, 0.5) is 0 Å². The van der Waals surface area contributed by atoms with Gasteiger partial charge in [-0.2, -0.15) is 0 Å². The van der Waals surface area contributed by atoms with Crippen molar-refractivity contribution in [2.24, 2.45) is 0 Å². The van der Waals surface area contributed by atoms with Crippen molar-refractivity contribution in [1.29, 1.82) is 0 Å². The number of ether oxygens (including phenoxy) is 1. The third kappa shape index (κ3) is 5.66. The molecular weight excluding hydrogens is 363 g/mol. The maximum absolute atomic E-state index is 12.0. The minimum Gasteiger partial charge on any atom is -0.479 e. The summed E-state index contributed by atoms with van der Waals surface area (Å²) in [5, 5.41) is 6.04. The predicted octanol–water partition coefficient (Wildman–Crippen LogP) is 3.31. The zero-order chi connectivity index (χ0) is 18.2. The first-order chi connectivity index (χ1) is 12.0. The Hall–Kier alpha value is -2.24. The Morgan fingerprint density at radius 1 is 1.00 bits per heavy atom. The van der Waals surface area contributed by atoms with Gasteiger partial charge in [0.25, 0.3) is 11.8 Å². The SMILES string of the molecule is CC(Oc1cccc(Cl)c1Cl)C(=O)NCCNC(=O)c1ccccc1. The van der Waals surface area contributed by atoms with Crippen LogP contribution in [0, 0.1) is 0 Å². The first kappa shape index (κ1) is 19.1. The number of benzene rings is 2. The predicted molar refractivity (Wildman–Crippen MR) is 98.3 cm³/mol. The Kier molecular flexibility index (Phi) is 7.10. The first-order valence-electron chi connectivity index (χ1n) is 7.70. The highest BCUT2D eigenvalue weighted by Crippen LogP contribution is 2.32. The van der Waals surface area contributed by atoms with Gasteiger partial charge in [0.15, 0.2) is 6.10 Å². The fourth-order valence-electron chi connectivity index (χ4n) is 2.02. The summed E-state index contributed by atoms with van der Waals surface area (Å²) < 4.78 is 5.52. The van der Waals surface area contributed by atoms with Gasteiger partial charge < -0.3 is 15.4 Å². The zero-order valence-corrected chi connectivity index (χ0v) is 15.1. The van der Waals surface area contributed by atoms with Crippen molar-refractivity contribution in [2.75, 3.05) is 13.1 Å². The maximum atomic E-state index is 12.0. The molecule has 0 saturated carbocycles. The van der Waals surface area contributed by atoms with E-state index < -0.39 is 6.10 Å². The van der Waals surface area contributed by atoms with Crippen molar-refractivity contribution in [3.63, 3.8) is 0 Å². The van der Waals surface area contributed by atoms with Crippen molar-refractivity contribution in [1.82, 2.24) is 10.6 Å². The molecule has 2 N–H and O–H groups in total. The first-order valence-corrected chi connectivity index (χ1v) is 8.46. The van der Waals surface area contributed by atoms with Gasteiger partial charge in [0.2, 0.25) is 0 Å². The topological polar surface area (TPSA) is 67.4 Å². The molecule has 132 valence electrons. The number of carbonyl (C=O) groups is 2. The Balaban J connectivity index is 1.74. The Labute approximate surface area is 156 Å². The van der Waals surface area contributed by atoms with E-state index in [1.54, 1.807) is 49.4 Å². The van der Waals surface area contributed by atoms with E-state index in [1.165, 1.54) is 0 Å². The number of hydrogen-bond donors (Lipinski definition) is 2. The molecule has 0 saturated heterocycles. The van der Waals surface area contributed by atoms with Gasteiger partial charge in [-0.25, -0.2) is 0 Å². The van der Waals surface area contributed by atoms with Crippen LogP contribution >= 0.6 is 23.2 Å². The van der Waals surface area contributed by atoms with Crippen LogP contribution in [0.3, 0.4) is 0 Å². The number of carbonyl (C=O) groups excluding carboxylic acids is 2. The van der Waals surface area contributed by atoms with E-state index in [4.69, 9.17) is 27.9 Å². The van der Waals surface area contributed by atoms with Crippen LogP contribution in [0.5, 0.6) is 5.75 Å². The molecule has 5 nitrogen and oxygen atoms in total. The van der Waals surface area contributed by atoms with Gasteiger partial charge in [-0.05, 0) is 31.2 Å². The molecular formula is C18H18Cl2N2O3. The quantitative estimate of drug-likeness (QED) is 0.724. The molecule has 7 heteroatoms. The van der Waals surface area contributed by atoms with Crippen LogP contribution < -0.4 is 15.4 Å². The minimum absolute atomic E-state index is 0.190. The number of hydrogen-bond acceptors (Lipinski definition) is 3. The number of amides is 2. The lowest BCUT2D eigenvalue weighted by Crippen LogP contribution is -2.40. The van der Waals surface area contributed by atoms with Crippen molar-refractivity contribution in [2.45, 2.75) is 13.0 Å². The summed E-state index contributed by atoms with van der Waals surface area (Å²) in [6.45, 7) is 2.20. The molecule has 1 unspecified atom stereocenters. The van der Waals surface area contributed by atoms with Crippen LogP contribution in [0.2, 0.25) is 10.0 Å². The highest BCUT2D eigenvalue weighted by atomic mass is 35.5. The van der Waals surface area contributed by atoms with E-state index in [1.807, 2.05) is 6.07 Å². The number of rotatable bonds is 7. The minimum atomic E-state index is -0.749. The average Bonchev–Trinajstić information content (AvgIpc) is 2.62. The molecule has 2 aromatic carbocycles. The largest absolute Gasteiger partial charge is 0.479 e. The molecule has 2 rings (SSSR count). The van der Waals surface area contributed by atoms with Crippen LogP contribution in [0.1, 0.15) is 17.3 Å². The Morgan fingerprint density at radius 3 is 2.40 bits per heavy atom. The molecule has 1 atom stereocenters. The molecule has 25 heavy (non-hydrogen) atoms. The lowest BCUT2D eigenvalue weighted by Gasteiger charge is -2.16. The van der Waals surface area contributed by atoms with E-state index >= 15 is 0 Å². The highest BCUT2D eigenvalue weighted by Gasteiger charge is 2.16. The Bertz CT molecular complexity index is 738. The average molecular weight is 381 g/mol. The second-order valence-corrected chi connectivity index (χ2v) is 6.01. The van der Waals surface area contributed by atoms with Gasteiger partial charge in [0, 0.05) is 18.7 Å². The fraction of sp³-hybridized carbons (Fsp3) is 0.222. The van der Waals surface area contributed by atoms with Crippen molar-refractivity contribution >= 4 is 35.0 Å². The third-order valence-electron chi connectivity index (χ3n) is 3.33. The molecule has 2 aromatic rings. The van der Waals surface area contributed by atoms with E-state index in [9.17, 15) is 9.59 Å². The maximum Gasteiger partial charge on any atom is 0.260 e. The van der Waals surface area contributed by atoms with Gasteiger partial charge in [-0.1, -0.05) is 47.5 Å². The molecule has 2 amide bonds. The molecule has 0 aliphatic rings. The monoisotopic (exact) mass is 380 g/mol. The fourth-order valence-corrected chi connectivity index (χ4v) is 2.35. The number of nitrogens with one attached hydrogen (secondary N) is 2. The molecule has 0 aliphatic heterocycles. The van der Waals surface area contributed by atoms with Crippen LogP contribution in [-0.4, -0.2) is 31.0 Å². The van der Waals surface area contributed by atoms with Crippen LogP contribution in [0.15, 0.2) is 48.5 Å². The van der Waals surface area contributed by atoms with Gasteiger partial charge in [-0.3, -0.25) is 9.59 Å². The van der Waals surface area contributed by atoms with E-state index in [0.717, 1.165) is 0 Å². The molecule has 0 radical (unpaired) electrons. The van der Waals surface area contributed by atoms with Crippen molar-refractivity contribution in [3.05, 3.63) is 64.1 Å². The lowest BCUT2D eigenvalue weighted by atomic mass is 10.2. The summed E-state index contributed by atoms with van der Waals surface area (Å²) in [5.74, 6) is -0.163. The second-order valence-electron chi connectivity index (χ2n) is 5.22. The van der Waals surface area contributed by atoms with Crippen LogP contribution in [-0.2, 0) is 4.79 Å². The normalized spacial score (nSPS) is 11.5. The smallest absolute Gasteiger partial charge is 0.260 e. The molecule has 0 fully saturated rings. The van der Waals surface area contributed by atoms with E-state index in [0.29, 0.717) is 22.9 Å². The lowest BCUT2D eigenvalue weighted by molar-refractivity contribution is -0.127. The van der Waals surface area contributed by atoms with E-state index in [2.05, 4.69) is 10.6 Å². The third-order valence-corrected chi connectivity index (χ3v) is 4.14. The van der Waals surface area contributed by atoms with Gasteiger partial charge >= 0.3 is 0 Å². The van der Waals surface area contributed by atoms with Crippen molar-refractivity contribution < 1.29 is 14.3 Å². The summed E-state index contributed by atoms with van der Waals surface area (Å²) in [4.78, 5) is 23.9. The summed E-state index contributed by atoms with van der Waals surface area (Å²) in [7, 11) is 0. The number of halogens is 2. The van der Waals surface area contributed by atoms with Crippen LogP contribution in [0.25, 0.3) is 0 Å². The summed E-state index contributed by atoms with van der Waals surface area (Å²) in [6, 6.07) is 13.8. The molecule has 0 heterocycles. The van der Waals surface area contributed by atoms with Gasteiger partial charge in [-0.15, -0.1) is 0 Å². The van der Waals surface area contributed by atoms with Gasteiger partial charge in [0.05, 0.1) is 5.02 Å². The van der Waals surface area contributed by atoms with Crippen molar-refractivity contribution in [3.8, 4) is 5.75 Å². The molecule has 0 aliphatic carbocycles. The standard InChI is InChI=1S/C18H18Cl2N2O3/c1-12(25-15-9-5-8-14(19)16(15)20)17(23)21-10-11-22-18(24)13-6-3-2-4-7-13/h2-9,12H,10-11H2,1H3,(H,21,23)(H,22,24). The summed E-state index contributed by atoms with van der Waals surface area (Å²) in [5.41, 5.74) is 0.570. The molecule has 0 spiro atoms. The van der Waals surface area contributed by atoms with Gasteiger partial charge in [0.1, 0.15) is 10.8 Å². The highest BCUT2D eigenvalue weighted by molar-refractivity contribution is 6.42. The molecule has 0 bridgehead atoms. The Morgan fingerprint density at radius 2 is 1.68 bits per heavy atom. The zero-order valence-electron chi connectivity index (χ0n) is 13.6. The summed E-state index contributed by atoms with van der Waals surface area (Å²) >= 11 is 11.9. The van der Waals surface area contributed by atoms with E-state index in [-0.39, 0.29) is 23.4 Å².